The third-order valence-corrected chi connectivity index (χ3v) is 6.76. The molecule has 156 valence electrons. The van der Waals surface area contributed by atoms with Crippen LogP contribution in [-0.2, 0) is 5.75 Å². The molecular formula is C21H18N6O2S2. The van der Waals surface area contributed by atoms with Crippen LogP contribution < -0.4 is 10.3 Å². The van der Waals surface area contributed by atoms with E-state index in [1.54, 1.807) is 11.6 Å². The van der Waals surface area contributed by atoms with Crippen molar-refractivity contribution in [3.05, 3.63) is 64.0 Å². The number of aromatic nitrogens is 6. The average Bonchev–Trinajstić information content (AvgIpc) is 3.37. The number of hydrogen-bond donors (Lipinski definition) is 1. The van der Waals surface area contributed by atoms with Crippen molar-refractivity contribution >= 4 is 39.1 Å². The van der Waals surface area contributed by atoms with Crippen molar-refractivity contribution < 1.29 is 4.74 Å². The Bertz CT molecular complexity index is 1470. The Morgan fingerprint density at radius 2 is 1.94 bits per heavy atom. The van der Waals surface area contributed by atoms with E-state index in [0.717, 1.165) is 27.6 Å². The minimum absolute atomic E-state index is 0.138. The van der Waals surface area contributed by atoms with Crippen LogP contribution in [0.3, 0.4) is 0 Å². The van der Waals surface area contributed by atoms with E-state index in [9.17, 15) is 4.79 Å². The Kier molecular flexibility index (Phi) is 4.95. The van der Waals surface area contributed by atoms with Gasteiger partial charge in [0.1, 0.15) is 16.3 Å². The highest BCUT2D eigenvalue weighted by Crippen LogP contribution is 2.32. The van der Waals surface area contributed by atoms with Crippen LogP contribution in [0.2, 0.25) is 0 Å². The van der Waals surface area contributed by atoms with E-state index < -0.39 is 0 Å². The fraction of sp³-hybridized carbons (Fsp3) is 0.190. The van der Waals surface area contributed by atoms with Crippen molar-refractivity contribution in [2.75, 3.05) is 7.11 Å². The molecule has 5 rings (SSSR count). The number of fused-ring (bicyclic) bond motifs is 2. The summed E-state index contributed by atoms with van der Waals surface area (Å²) >= 11 is 2.84. The molecule has 10 heteroatoms. The number of H-pyrrole nitrogens is 1. The van der Waals surface area contributed by atoms with Crippen LogP contribution in [0, 0.1) is 13.8 Å². The minimum Gasteiger partial charge on any atom is -0.497 e. The highest BCUT2D eigenvalue weighted by atomic mass is 32.2. The average molecular weight is 451 g/mol. The molecule has 0 bridgehead atoms. The Hall–Kier alpha value is -3.24. The van der Waals surface area contributed by atoms with Gasteiger partial charge < -0.3 is 9.72 Å². The number of methoxy groups -OCH3 is 1. The lowest BCUT2D eigenvalue weighted by Crippen LogP contribution is -2.09. The number of rotatable bonds is 5. The van der Waals surface area contributed by atoms with Crippen LogP contribution in [-0.4, -0.2) is 36.7 Å². The van der Waals surface area contributed by atoms with Crippen molar-refractivity contribution in [3.63, 3.8) is 0 Å². The van der Waals surface area contributed by atoms with Crippen molar-refractivity contribution in [1.82, 2.24) is 29.5 Å². The monoisotopic (exact) mass is 450 g/mol. The molecule has 0 unspecified atom stereocenters. The number of nitrogens with zero attached hydrogens (tertiary/aromatic N) is 5. The Morgan fingerprint density at radius 1 is 1.13 bits per heavy atom. The van der Waals surface area contributed by atoms with Crippen molar-refractivity contribution in [2.24, 2.45) is 0 Å². The van der Waals surface area contributed by atoms with Crippen LogP contribution in [0.4, 0.5) is 0 Å². The van der Waals surface area contributed by atoms with Gasteiger partial charge in [-0.3, -0.25) is 4.79 Å². The van der Waals surface area contributed by atoms with Crippen molar-refractivity contribution in [3.8, 4) is 16.2 Å². The number of hydrogen-bond acceptors (Lipinski definition) is 8. The SMILES string of the molecule is COc1ccc(-c2cc3nc(CSc4nc5nc(C)cc(C)n5n4)[nH]c(=O)c3s2)cc1. The summed E-state index contributed by atoms with van der Waals surface area (Å²) in [5.41, 5.74) is 3.44. The lowest BCUT2D eigenvalue weighted by atomic mass is 10.2. The normalized spacial score (nSPS) is 11.5. The molecule has 4 heterocycles. The van der Waals surface area contributed by atoms with Crippen molar-refractivity contribution in [1.29, 1.82) is 0 Å². The lowest BCUT2D eigenvalue weighted by Gasteiger charge is -2.00. The molecule has 0 aliphatic rings. The maximum absolute atomic E-state index is 12.6. The summed E-state index contributed by atoms with van der Waals surface area (Å²) < 4.78 is 7.54. The molecule has 0 radical (unpaired) electrons. The number of aryl methyl sites for hydroxylation is 2. The lowest BCUT2D eigenvalue weighted by molar-refractivity contribution is 0.415. The van der Waals surface area contributed by atoms with E-state index in [0.29, 0.717) is 32.7 Å². The molecule has 0 saturated heterocycles. The second-order valence-electron chi connectivity index (χ2n) is 7.00. The van der Waals surface area contributed by atoms with Gasteiger partial charge in [0.05, 0.1) is 18.4 Å². The Balaban J connectivity index is 1.41. The molecule has 0 atom stereocenters. The van der Waals surface area contributed by atoms with Gasteiger partial charge in [-0.05, 0) is 55.8 Å². The predicted molar refractivity (Wildman–Crippen MR) is 122 cm³/mol. The Morgan fingerprint density at radius 3 is 2.71 bits per heavy atom. The summed E-state index contributed by atoms with van der Waals surface area (Å²) in [5, 5.41) is 5.08. The van der Waals surface area contributed by atoms with Gasteiger partial charge in [-0.15, -0.1) is 16.4 Å². The van der Waals surface area contributed by atoms with Gasteiger partial charge in [0.25, 0.3) is 11.3 Å². The van der Waals surface area contributed by atoms with Gasteiger partial charge in [-0.1, -0.05) is 11.8 Å². The molecule has 0 amide bonds. The van der Waals surface area contributed by atoms with Crippen molar-refractivity contribution in [2.45, 2.75) is 24.8 Å². The number of aromatic amines is 1. The zero-order chi connectivity index (χ0) is 21.5. The fourth-order valence-corrected chi connectivity index (χ4v) is 4.98. The summed E-state index contributed by atoms with van der Waals surface area (Å²) in [6.07, 6.45) is 0. The quantitative estimate of drug-likeness (QED) is 0.404. The summed E-state index contributed by atoms with van der Waals surface area (Å²) in [4.78, 5) is 30.0. The van der Waals surface area contributed by atoms with Gasteiger partial charge in [0.15, 0.2) is 0 Å². The molecule has 31 heavy (non-hydrogen) atoms. The van der Waals surface area contributed by atoms with E-state index in [1.165, 1.54) is 23.1 Å². The molecule has 0 fully saturated rings. The van der Waals surface area contributed by atoms with E-state index >= 15 is 0 Å². The van der Waals surface area contributed by atoms with Crippen LogP contribution in [0.25, 0.3) is 26.4 Å². The highest BCUT2D eigenvalue weighted by molar-refractivity contribution is 7.98. The number of thioether (sulfide) groups is 1. The molecule has 4 aromatic heterocycles. The number of nitrogens with one attached hydrogen (secondary N) is 1. The smallest absolute Gasteiger partial charge is 0.268 e. The highest BCUT2D eigenvalue weighted by Gasteiger charge is 2.13. The third kappa shape index (κ3) is 3.79. The molecule has 0 aliphatic carbocycles. The number of benzene rings is 1. The Labute approximate surface area is 185 Å². The van der Waals surface area contributed by atoms with E-state index in [2.05, 4.69) is 25.0 Å². The largest absolute Gasteiger partial charge is 0.497 e. The predicted octanol–water partition coefficient (Wildman–Crippen LogP) is 4.01. The zero-order valence-corrected chi connectivity index (χ0v) is 18.7. The maximum atomic E-state index is 12.6. The third-order valence-electron chi connectivity index (χ3n) is 4.74. The molecule has 0 aliphatic heterocycles. The second-order valence-corrected chi connectivity index (χ2v) is 8.99. The van der Waals surface area contributed by atoms with Gasteiger partial charge in [-0.25, -0.2) is 14.5 Å². The topological polar surface area (TPSA) is 98.1 Å². The molecule has 0 saturated carbocycles. The van der Waals surface area contributed by atoms with Crippen LogP contribution in [0.1, 0.15) is 17.2 Å². The van der Waals surface area contributed by atoms with Gasteiger partial charge >= 0.3 is 0 Å². The fourth-order valence-electron chi connectivity index (χ4n) is 3.30. The molecule has 0 spiro atoms. The van der Waals surface area contributed by atoms with Crippen LogP contribution >= 0.6 is 23.1 Å². The standard InChI is InChI=1S/C21H18N6O2S2/c1-11-8-12(2)27-20(22-11)25-21(26-27)30-10-17-23-15-9-16(31-18(15)19(28)24-17)13-4-6-14(29-3)7-5-13/h4-9H,10H2,1-3H3,(H,23,24,28). The molecular weight excluding hydrogens is 432 g/mol. The van der Waals surface area contributed by atoms with E-state index in [4.69, 9.17) is 4.74 Å². The van der Waals surface area contributed by atoms with Crippen LogP contribution in [0.15, 0.2) is 46.3 Å². The van der Waals surface area contributed by atoms with Gasteiger partial charge in [-0.2, -0.15) is 4.98 Å². The molecule has 1 N–H and O–H groups in total. The van der Waals surface area contributed by atoms with E-state index in [-0.39, 0.29) is 5.56 Å². The minimum atomic E-state index is -0.138. The molecule has 5 aromatic rings. The number of ether oxygens (including phenoxy) is 1. The van der Waals surface area contributed by atoms with E-state index in [1.807, 2.05) is 50.2 Å². The van der Waals surface area contributed by atoms with Gasteiger partial charge in [0, 0.05) is 16.3 Å². The molecule has 1 aromatic carbocycles. The second kappa shape index (κ2) is 7.78. The molecule has 8 nitrogen and oxygen atoms in total. The zero-order valence-electron chi connectivity index (χ0n) is 17.0. The van der Waals surface area contributed by atoms with Crippen LogP contribution in [0.5, 0.6) is 5.75 Å². The van der Waals surface area contributed by atoms with Gasteiger partial charge in [0.2, 0.25) is 5.16 Å². The maximum Gasteiger partial charge on any atom is 0.268 e. The first-order valence-corrected chi connectivity index (χ1v) is 11.3. The summed E-state index contributed by atoms with van der Waals surface area (Å²) in [6, 6.07) is 11.7. The summed E-state index contributed by atoms with van der Waals surface area (Å²) in [6.45, 7) is 3.90. The first-order chi connectivity index (χ1) is 15.0. The first kappa shape index (κ1) is 19.7. The summed E-state index contributed by atoms with van der Waals surface area (Å²) in [7, 11) is 1.64. The summed E-state index contributed by atoms with van der Waals surface area (Å²) in [5.74, 6) is 2.40. The first-order valence-electron chi connectivity index (χ1n) is 9.51. The number of thiophene rings is 1.